The Morgan fingerprint density at radius 2 is 1.96 bits per heavy atom. The number of carbonyl (C=O) groups excluding carboxylic acids is 2. The molecular weight excluding hydrogens is 346 g/mol. The lowest BCUT2D eigenvalue weighted by molar-refractivity contribution is -0.153. The summed E-state index contributed by atoms with van der Waals surface area (Å²) >= 11 is 0. The zero-order valence-electron chi connectivity index (χ0n) is 14.9. The van der Waals surface area contributed by atoms with E-state index in [2.05, 4.69) is 11.9 Å². The van der Waals surface area contributed by atoms with Gasteiger partial charge in [-0.15, -0.1) is 0 Å². The largest absolute Gasteiger partial charge is 0.485 e. The average molecular weight is 365 g/mol. The van der Waals surface area contributed by atoms with E-state index in [-0.39, 0.29) is 19.0 Å². The van der Waals surface area contributed by atoms with Gasteiger partial charge in [-0.3, -0.25) is 4.79 Å². The summed E-state index contributed by atoms with van der Waals surface area (Å²) in [6.07, 6.45) is 1.64. The number of Topliss-reactive ketones (excluding diaryl/α,β-unsaturated/α-hetero) is 1. The number of fused-ring (bicyclic) bond motifs is 2. The number of rotatable bonds is 5. The third-order valence-electron chi connectivity index (χ3n) is 4.60. The van der Waals surface area contributed by atoms with Crippen molar-refractivity contribution < 1.29 is 23.8 Å². The maximum absolute atomic E-state index is 12.5. The van der Waals surface area contributed by atoms with Crippen LogP contribution in [0.1, 0.15) is 22.8 Å². The Morgan fingerprint density at radius 1 is 1.15 bits per heavy atom. The Kier molecular flexibility index (Phi) is 4.54. The van der Waals surface area contributed by atoms with Crippen molar-refractivity contribution in [2.75, 3.05) is 13.2 Å². The molecule has 0 spiro atoms. The Morgan fingerprint density at radius 3 is 2.78 bits per heavy atom. The summed E-state index contributed by atoms with van der Waals surface area (Å²) < 4.78 is 16.3. The standard InChI is InChI=1S/C21H19NO5/c1-2-13-6-5-7-14-15(10-22-20(13)14)16(23)11-26-21(24)19-12-25-17-8-3-4-9-18(17)27-19/h3-10,19,22H,2,11-12H2,1H3/t19-/m1/s1. The molecule has 0 saturated carbocycles. The minimum Gasteiger partial charge on any atom is -0.485 e. The molecule has 6 nitrogen and oxygen atoms in total. The van der Waals surface area contributed by atoms with Crippen LogP contribution in [0.4, 0.5) is 0 Å². The van der Waals surface area contributed by atoms with E-state index in [1.165, 1.54) is 0 Å². The summed E-state index contributed by atoms with van der Waals surface area (Å²) in [6, 6.07) is 12.9. The van der Waals surface area contributed by atoms with Crippen molar-refractivity contribution in [3.05, 3.63) is 59.8 Å². The van der Waals surface area contributed by atoms with Gasteiger partial charge in [-0.2, -0.15) is 0 Å². The molecule has 2 heterocycles. The van der Waals surface area contributed by atoms with Crippen molar-refractivity contribution in [2.24, 2.45) is 0 Å². The number of H-pyrrole nitrogens is 1. The topological polar surface area (TPSA) is 77.6 Å². The first kappa shape index (κ1) is 17.1. The van der Waals surface area contributed by atoms with Gasteiger partial charge in [0.2, 0.25) is 11.9 Å². The number of hydrogen-bond donors (Lipinski definition) is 1. The maximum Gasteiger partial charge on any atom is 0.351 e. The van der Waals surface area contributed by atoms with Gasteiger partial charge in [-0.25, -0.2) is 4.79 Å². The van der Waals surface area contributed by atoms with Crippen LogP contribution in [0.15, 0.2) is 48.7 Å². The lowest BCUT2D eigenvalue weighted by atomic mass is 10.1. The van der Waals surface area contributed by atoms with Crippen LogP contribution in [0.2, 0.25) is 0 Å². The molecule has 1 aliphatic heterocycles. The summed E-state index contributed by atoms with van der Waals surface area (Å²) in [5.41, 5.74) is 2.59. The van der Waals surface area contributed by atoms with Crippen molar-refractivity contribution in [1.82, 2.24) is 4.98 Å². The minimum atomic E-state index is -0.887. The van der Waals surface area contributed by atoms with Gasteiger partial charge >= 0.3 is 5.97 Å². The van der Waals surface area contributed by atoms with E-state index < -0.39 is 12.1 Å². The van der Waals surface area contributed by atoms with Crippen molar-refractivity contribution in [2.45, 2.75) is 19.4 Å². The lowest BCUT2D eigenvalue weighted by Crippen LogP contribution is -2.38. The monoisotopic (exact) mass is 365 g/mol. The van der Waals surface area contributed by atoms with Gasteiger partial charge in [0.15, 0.2) is 18.1 Å². The number of ether oxygens (including phenoxy) is 3. The van der Waals surface area contributed by atoms with E-state index in [1.54, 1.807) is 24.4 Å². The molecule has 27 heavy (non-hydrogen) atoms. The third-order valence-corrected chi connectivity index (χ3v) is 4.60. The Labute approximate surface area is 156 Å². The zero-order chi connectivity index (χ0) is 18.8. The van der Waals surface area contributed by atoms with Crippen LogP contribution in [0.5, 0.6) is 11.5 Å². The number of benzene rings is 2. The highest BCUT2D eigenvalue weighted by molar-refractivity contribution is 6.09. The molecule has 3 aromatic rings. The molecule has 2 aromatic carbocycles. The molecule has 138 valence electrons. The number of aromatic nitrogens is 1. The fraction of sp³-hybridized carbons (Fsp3) is 0.238. The number of hydrogen-bond acceptors (Lipinski definition) is 5. The molecule has 6 heteroatoms. The van der Waals surface area contributed by atoms with Gasteiger partial charge in [0.25, 0.3) is 0 Å². The third kappa shape index (κ3) is 3.26. The van der Waals surface area contributed by atoms with Crippen molar-refractivity contribution in [1.29, 1.82) is 0 Å². The Balaban J connectivity index is 1.42. The second-order valence-corrected chi connectivity index (χ2v) is 6.29. The molecule has 1 aromatic heterocycles. The number of esters is 1. The SMILES string of the molecule is CCc1cccc2c(C(=O)COC(=O)[C@H]3COc4ccccc4O3)c[nH]c12. The summed E-state index contributed by atoms with van der Waals surface area (Å²) in [7, 11) is 0. The molecule has 0 unspecified atom stereocenters. The van der Waals surface area contributed by atoms with E-state index in [9.17, 15) is 9.59 Å². The van der Waals surface area contributed by atoms with E-state index in [1.807, 2.05) is 24.3 Å². The van der Waals surface area contributed by atoms with Crippen LogP contribution in [0.25, 0.3) is 10.9 Å². The average Bonchev–Trinajstić information content (AvgIpc) is 3.15. The fourth-order valence-electron chi connectivity index (χ4n) is 3.19. The molecule has 1 N–H and O–H groups in total. The van der Waals surface area contributed by atoms with Crippen molar-refractivity contribution in [3.8, 4) is 11.5 Å². The number of ketones is 1. The second kappa shape index (κ2) is 7.15. The van der Waals surface area contributed by atoms with Crippen LogP contribution in [0, 0.1) is 0 Å². The predicted octanol–water partition coefficient (Wildman–Crippen LogP) is 3.30. The molecule has 0 bridgehead atoms. The van der Waals surface area contributed by atoms with Gasteiger partial charge in [0.05, 0.1) is 0 Å². The molecule has 1 atom stereocenters. The van der Waals surface area contributed by atoms with Gasteiger partial charge < -0.3 is 19.2 Å². The number of para-hydroxylation sites is 3. The number of nitrogens with one attached hydrogen (secondary N) is 1. The van der Waals surface area contributed by atoms with Crippen LogP contribution in [0.3, 0.4) is 0 Å². The van der Waals surface area contributed by atoms with Gasteiger partial charge in [0.1, 0.15) is 6.61 Å². The molecule has 0 amide bonds. The van der Waals surface area contributed by atoms with Crippen LogP contribution >= 0.6 is 0 Å². The first-order valence-electron chi connectivity index (χ1n) is 8.84. The quantitative estimate of drug-likeness (QED) is 0.554. The van der Waals surface area contributed by atoms with Gasteiger partial charge in [-0.05, 0) is 24.1 Å². The highest BCUT2D eigenvalue weighted by Crippen LogP contribution is 2.31. The minimum absolute atomic E-state index is 0.0526. The molecule has 4 rings (SSSR count). The van der Waals surface area contributed by atoms with E-state index >= 15 is 0 Å². The normalized spacial score (nSPS) is 15.5. The van der Waals surface area contributed by atoms with Crippen molar-refractivity contribution in [3.63, 3.8) is 0 Å². The molecule has 1 aliphatic rings. The molecule has 0 radical (unpaired) electrons. The van der Waals surface area contributed by atoms with Crippen LogP contribution < -0.4 is 9.47 Å². The summed E-state index contributed by atoms with van der Waals surface area (Å²) in [6.45, 7) is 1.77. The van der Waals surface area contributed by atoms with Crippen LogP contribution in [-0.2, 0) is 16.0 Å². The second-order valence-electron chi connectivity index (χ2n) is 6.29. The highest BCUT2D eigenvalue weighted by Gasteiger charge is 2.29. The molecule has 0 aliphatic carbocycles. The summed E-state index contributed by atoms with van der Waals surface area (Å²) in [5.74, 6) is 0.191. The summed E-state index contributed by atoms with van der Waals surface area (Å²) in [5, 5.41) is 0.835. The predicted molar refractivity (Wildman–Crippen MR) is 99.3 cm³/mol. The zero-order valence-corrected chi connectivity index (χ0v) is 14.9. The van der Waals surface area contributed by atoms with Gasteiger partial charge in [0, 0.05) is 22.7 Å². The fourth-order valence-corrected chi connectivity index (χ4v) is 3.19. The van der Waals surface area contributed by atoms with E-state index in [4.69, 9.17) is 14.2 Å². The summed E-state index contributed by atoms with van der Waals surface area (Å²) in [4.78, 5) is 27.9. The smallest absolute Gasteiger partial charge is 0.351 e. The molecular formula is C21H19NO5. The number of carbonyl (C=O) groups is 2. The number of aromatic amines is 1. The van der Waals surface area contributed by atoms with Gasteiger partial charge in [-0.1, -0.05) is 37.3 Å². The Bertz CT molecular complexity index is 1010. The van der Waals surface area contributed by atoms with Crippen molar-refractivity contribution >= 4 is 22.7 Å². The first-order valence-corrected chi connectivity index (χ1v) is 8.84. The lowest BCUT2D eigenvalue weighted by Gasteiger charge is -2.24. The molecule has 0 fully saturated rings. The first-order chi connectivity index (χ1) is 13.2. The Hall–Kier alpha value is -3.28. The maximum atomic E-state index is 12.5. The molecule has 0 saturated heterocycles. The van der Waals surface area contributed by atoms with Crippen LogP contribution in [-0.4, -0.2) is 36.1 Å². The van der Waals surface area contributed by atoms with E-state index in [0.717, 1.165) is 22.9 Å². The highest BCUT2D eigenvalue weighted by atomic mass is 16.6. The number of aryl methyl sites for hydroxylation is 1. The van der Waals surface area contributed by atoms with E-state index in [0.29, 0.717) is 17.1 Å².